The number of aliphatic hydroxyl groups is 2. The van der Waals surface area contributed by atoms with Crippen molar-refractivity contribution in [2.75, 3.05) is 6.54 Å². The van der Waals surface area contributed by atoms with Gasteiger partial charge in [-0.3, -0.25) is 10.1 Å². The molecule has 6 heteroatoms. The van der Waals surface area contributed by atoms with Crippen LogP contribution in [0.2, 0.25) is 0 Å². The van der Waals surface area contributed by atoms with Crippen molar-refractivity contribution in [3.63, 3.8) is 0 Å². The van der Waals surface area contributed by atoms with E-state index in [-0.39, 0.29) is 5.91 Å². The molecule has 1 aliphatic carbocycles. The van der Waals surface area contributed by atoms with E-state index >= 15 is 0 Å². The van der Waals surface area contributed by atoms with Gasteiger partial charge in [-0.25, -0.2) is 0 Å². The first-order valence-corrected chi connectivity index (χ1v) is 10.0. The fraction of sp³-hybridized carbons (Fsp3) is 0.632. The second kappa shape index (κ2) is 10.3. The molecule has 0 aliphatic heterocycles. The lowest BCUT2D eigenvalue weighted by Gasteiger charge is -2.23. The first-order chi connectivity index (χ1) is 12.0. The summed E-state index contributed by atoms with van der Waals surface area (Å²) in [5.41, 5.74) is 0.405. The van der Waals surface area contributed by atoms with Gasteiger partial charge in [-0.2, -0.15) is 0 Å². The van der Waals surface area contributed by atoms with Crippen LogP contribution in [0.15, 0.2) is 28.7 Å². The van der Waals surface area contributed by atoms with Crippen molar-refractivity contribution in [3.05, 3.63) is 34.3 Å². The molecule has 1 aromatic rings. The number of nitrogens with one attached hydrogen (secondary N) is 2. The Morgan fingerprint density at radius 1 is 1.08 bits per heavy atom. The Hall–Kier alpha value is -0.950. The molecule has 1 aliphatic rings. The van der Waals surface area contributed by atoms with Gasteiger partial charge in [-0.1, -0.05) is 53.7 Å². The third-order valence-corrected chi connectivity index (χ3v) is 5.20. The first kappa shape index (κ1) is 20.4. The molecule has 5 nitrogen and oxygen atoms in total. The van der Waals surface area contributed by atoms with Crippen LogP contribution < -0.4 is 10.6 Å². The van der Waals surface area contributed by atoms with Crippen molar-refractivity contribution >= 4 is 21.8 Å². The van der Waals surface area contributed by atoms with E-state index in [0.29, 0.717) is 24.6 Å². The number of rotatable bonds is 9. The van der Waals surface area contributed by atoms with Crippen LogP contribution in [0.25, 0.3) is 0 Å². The van der Waals surface area contributed by atoms with Gasteiger partial charge in [-0.15, -0.1) is 0 Å². The zero-order chi connectivity index (χ0) is 18.1. The number of hydrogen-bond donors (Lipinski definition) is 4. The second-order valence-corrected chi connectivity index (χ2v) is 7.73. The van der Waals surface area contributed by atoms with Gasteiger partial charge in [-0.05, 0) is 37.8 Å². The fourth-order valence-corrected chi connectivity index (χ4v) is 3.45. The quantitative estimate of drug-likeness (QED) is 0.370. The Kier molecular flexibility index (Phi) is 8.36. The number of benzene rings is 1. The fourth-order valence-electron chi connectivity index (χ4n) is 3.18. The average Bonchev–Trinajstić information content (AvgIpc) is 2.59. The number of amides is 1. The molecule has 0 aromatic heterocycles. The van der Waals surface area contributed by atoms with Crippen LogP contribution in [-0.4, -0.2) is 28.7 Å². The van der Waals surface area contributed by atoms with E-state index in [1.807, 2.05) is 0 Å². The summed E-state index contributed by atoms with van der Waals surface area (Å²) >= 11 is 3.32. The molecule has 1 amide bonds. The zero-order valence-electron chi connectivity index (χ0n) is 14.6. The van der Waals surface area contributed by atoms with E-state index in [2.05, 4.69) is 26.6 Å². The Morgan fingerprint density at radius 2 is 1.76 bits per heavy atom. The van der Waals surface area contributed by atoms with E-state index in [1.165, 1.54) is 19.3 Å². The van der Waals surface area contributed by atoms with Crippen molar-refractivity contribution in [2.24, 2.45) is 0 Å². The molecule has 1 fully saturated rings. The summed E-state index contributed by atoms with van der Waals surface area (Å²) in [6.07, 6.45) is 8.99. The molecule has 25 heavy (non-hydrogen) atoms. The number of unbranched alkanes of at least 4 members (excludes halogenated alkanes) is 2. The van der Waals surface area contributed by atoms with Crippen molar-refractivity contribution in [2.45, 2.75) is 69.7 Å². The molecular formula is C19H29BrN2O3. The number of carbonyl (C=O) groups excluding carboxylic acids is 1. The second-order valence-electron chi connectivity index (χ2n) is 6.82. The number of halogens is 1. The molecule has 140 valence electrons. The maximum absolute atomic E-state index is 11.9. The van der Waals surface area contributed by atoms with Crippen LogP contribution in [0, 0.1) is 0 Å². The minimum Gasteiger partial charge on any atom is -0.353 e. The van der Waals surface area contributed by atoms with Gasteiger partial charge < -0.3 is 15.5 Å². The molecule has 1 aromatic carbocycles. The number of hydrogen-bond acceptors (Lipinski definition) is 4. The van der Waals surface area contributed by atoms with Crippen molar-refractivity contribution < 1.29 is 15.0 Å². The summed E-state index contributed by atoms with van der Waals surface area (Å²) in [6.45, 7) is 0.479. The molecule has 4 N–H and O–H groups in total. The lowest BCUT2D eigenvalue weighted by atomic mass is 9.95. The van der Waals surface area contributed by atoms with Gasteiger partial charge in [0.1, 0.15) is 0 Å². The summed E-state index contributed by atoms with van der Waals surface area (Å²) in [7, 11) is 0. The third-order valence-electron chi connectivity index (χ3n) is 4.67. The van der Waals surface area contributed by atoms with Crippen LogP contribution in [0.5, 0.6) is 0 Å². The predicted octanol–water partition coefficient (Wildman–Crippen LogP) is 3.14. The maximum atomic E-state index is 11.9. The predicted molar refractivity (Wildman–Crippen MR) is 102 cm³/mol. The van der Waals surface area contributed by atoms with Crippen LogP contribution in [0.4, 0.5) is 0 Å². The highest BCUT2D eigenvalue weighted by atomic mass is 79.9. The first-order valence-electron chi connectivity index (χ1n) is 9.22. The van der Waals surface area contributed by atoms with Crippen LogP contribution in [-0.2, 0) is 10.7 Å². The lowest BCUT2D eigenvalue weighted by Crippen LogP contribution is -2.42. The molecule has 0 spiro atoms. The highest BCUT2D eigenvalue weighted by molar-refractivity contribution is 9.10. The van der Waals surface area contributed by atoms with Crippen molar-refractivity contribution in [1.29, 1.82) is 0 Å². The molecule has 0 heterocycles. The molecule has 0 radical (unpaired) electrons. The minimum absolute atomic E-state index is 0.147. The summed E-state index contributed by atoms with van der Waals surface area (Å²) in [5.74, 6) is -1.88. The zero-order valence-corrected chi connectivity index (χ0v) is 16.2. The minimum atomic E-state index is -2.03. The Bertz CT molecular complexity index is 528. The maximum Gasteiger partial charge on any atom is 0.250 e. The van der Waals surface area contributed by atoms with Gasteiger partial charge in [0, 0.05) is 29.0 Å². The van der Waals surface area contributed by atoms with Gasteiger partial charge in [0.15, 0.2) is 0 Å². The lowest BCUT2D eigenvalue weighted by molar-refractivity contribution is -0.194. The van der Waals surface area contributed by atoms with E-state index in [1.54, 1.807) is 24.3 Å². The van der Waals surface area contributed by atoms with Crippen LogP contribution in [0.1, 0.15) is 63.4 Å². The SMILES string of the molecule is O=C(CCCCCNC(O)(O)c1ccc(Br)cc1)NC1CCCCC1. The average molecular weight is 413 g/mol. The summed E-state index contributed by atoms with van der Waals surface area (Å²) in [5, 5.41) is 26.0. The molecule has 0 saturated heterocycles. The summed E-state index contributed by atoms with van der Waals surface area (Å²) in [6, 6.07) is 7.23. The standard InChI is InChI=1S/C19H29BrN2O3/c20-16-12-10-15(11-13-16)19(24,25)21-14-6-2-5-9-18(23)22-17-7-3-1-4-8-17/h10-13,17,21,24-25H,1-9,14H2,(H,22,23). The van der Waals surface area contributed by atoms with Crippen LogP contribution >= 0.6 is 15.9 Å². The molecule has 0 bridgehead atoms. The Balaban J connectivity index is 1.56. The van der Waals surface area contributed by atoms with E-state index < -0.39 is 5.91 Å². The monoisotopic (exact) mass is 412 g/mol. The molecular weight excluding hydrogens is 384 g/mol. The number of carbonyl (C=O) groups is 1. The van der Waals surface area contributed by atoms with Gasteiger partial charge >= 0.3 is 0 Å². The van der Waals surface area contributed by atoms with Gasteiger partial charge in [0.05, 0.1) is 0 Å². The van der Waals surface area contributed by atoms with Gasteiger partial charge in [0.2, 0.25) is 5.91 Å². The Morgan fingerprint density at radius 3 is 2.44 bits per heavy atom. The molecule has 0 unspecified atom stereocenters. The van der Waals surface area contributed by atoms with Crippen molar-refractivity contribution in [3.8, 4) is 0 Å². The highest BCUT2D eigenvalue weighted by Crippen LogP contribution is 2.19. The molecule has 1 saturated carbocycles. The molecule has 2 rings (SSSR count). The van der Waals surface area contributed by atoms with E-state index in [9.17, 15) is 15.0 Å². The normalized spacial score (nSPS) is 16.0. The van der Waals surface area contributed by atoms with Gasteiger partial charge in [0.25, 0.3) is 5.91 Å². The topological polar surface area (TPSA) is 81.6 Å². The third kappa shape index (κ3) is 7.44. The van der Waals surface area contributed by atoms with Crippen molar-refractivity contribution in [1.82, 2.24) is 10.6 Å². The summed E-state index contributed by atoms with van der Waals surface area (Å²) in [4.78, 5) is 11.9. The van der Waals surface area contributed by atoms with E-state index in [0.717, 1.165) is 36.6 Å². The molecule has 0 atom stereocenters. The Labute approximate surface area is 158 Å². The van der Waals surface area contributed by atoms with E-state index in [4.69, 9.17) is 0 Å². The highest BCUT2D eigenvalue weighted by Gasteiger charge is 2.24. The summed E-state index contributed by atoms with van der Waals surface area (Å²) < 4.78 is 0.888. The smallest absolute Gasteiger partial charge is 0.250 e. The largest absolute Gasteiger partial charge is 0.353 e. The van der Waals surface area contributed by atoms with Crippen LogP contribution in [0.3, 0.4) is 0 Å².